The molecule has 1 aliphatic carbocycles. The first-order chi connectivity index (χ1) is 6.22. The minimum absolute atomic E-state index is 0.280. The summed E-state index contributed by atoms with van der Waals surface area (Å²) in [4.78, 5) is 10.8. The summed E-state index contributed by atoms with van der Waals surface area (Å²) in [5.74, 6) is -0.678. The fourth-order valence-corrected chi connectivity index (χ4v) is 2.77. The Bertz CT molecular complexity index is 209. The number of aliphatic carboxylic acids is 1. The van der Waals surface area contributed by atoms with Crippen molar-refractivity contribution < 1.29 is 9.90 Å². The lowest BCUT2D eigenvalue weighted by molar-refractivity contribution is -0.139. The number of hydrogen-bond acceptors (Lipinski definition) is 2. The standard InChI is InChI=1S/C10H17NO2/c12-9(13)8-6-10(7-11-8)4-2-1-3-5-10/h8,11H,1-7H2,(H,12,13)/t8-/m0/s1. The molecule has 1 spiro atoms. The third kappa shape index (κ3) is 1.70. The van der Waals surface area contributed by atoms with Gasteiger partial charge in [0.15, 0.2) is 0 Å². The molecule has 0 unspecified atom stereocenters. The van der Waals surface area contributed by atoms with E-state index in [0.717, 1.165) is 13.0 Å². The van der Waals surface area contributed by atoms with Crippen LogP contribution in [0.5, 0.6) is 0 Å². The average Bonchev–Trinajstić information content (AvgIpc) is 2.51. The maximum Gasteiger partial charge on any atom is 0.320 e. The van der Waals surface area contributed by atoms with Crippen molar-refractivity contribution >= 4 is 5.97 Å². The van der Waals surface area contributed by atoms with Gasteiger partial charge in [-0.15, -0.1) is 0 Å². The van der Waals surface area contributed by atoms with E-state index in [1.165, 1.54) is 32.1 Å². The second-order valence-corrected chi connectivity index (χ2v) is 4.54. The van der Waals surface area contributed by atoms with Gasteiger partial charge in [0.05, 0.1) is 0 Å². The molecule has 1 heterocycles. The van der Waals surface area contributed by atoms with E-state index in [0.29, 0.717) is 5.41 Å². The van der Waals surface area contributed by atoms with Crippen LogP contribution in [-0.4, -0.2) is 23.7 Å². The lowest BCUT2D eigenvalue weighted by atomic mass is 9.73. The van der Waals surface area contributed by atoms with Gasteiger partial charge in [0, 0.05) is 6.54 Å². The Hall–Kier alpha value is -0.570. The normalized spacial score (nSPS) is 32.2. The van der Waals surface area contributed by atoms with E-state index in [1.807, 2.05) is 0 Å². The molecule has 1 saturated carbocycles. The Kier molecular flexibility index (Phi) is 2.28. The second kappa shape index (κ2) is 3.29. The lowest BCUT2D eigenvalue weighted by Gasteiger charge is -2.32. The predicted octanol–water partition coefficient (Wildman–Crippen LogP) is 1.38. The molecular weight excluding hydrogens is 166 g/mol. The monoisotopic (exact) mass is 183 g/mol. The average molecular weight is 183 g/mol. The first-order valence-corrected chi connectivity index (χ1v) is 5.18. The Morgan fingerprint density at radius 2 is 2.00 bits per heavy atom. The van der Waals surface area contributed by atoms with Crippen LogP contribution in [0, 0.1) is 5.41 Å². The lowest BCUT2D eigenvalue weighted by Crippen LogP contribution is -2.30. The molecule has 0 aromatic rings. The third-order valence-electron chi connectivity index (χ3n) is 3.57. The molecule has 3 heteroatoms. The highest BCUT2D eigenvalue weighted by molar-refractivity contribution is 5.74. The summed E-state index contributed by atoms with van der Waals surface area (Å²) in [7, 11) is 0. The highest BCUT2D eigenvalue weighted by Gasteiger charge is 2.41. The zero-order valence-corrected chi connectivity index (χ0v) is 7.88. The van der Waals surface area contributed by atoms with Crippen LogP contribution in [0.4, 0.5) is 0 Å². The molecule has 3 nitrogen and oxygen atoms in total. The van der Waals surface area contributed by atoms with Crippen molar-refractivity contribution in [2.45, 2.75) is 44.6 Å². The zero-order valence-electron chi connectivity index (χ0n) is 7.88. The van der Waals surface area contributed by atoms with Crippen molar-refractivity contribution in [3.8, 4) is 0 Å². The summed E-state index contributed by atoms with van der Waals surface area (Å²) >= 11 is 0. The fourth-order valence-electron chi connectivity index (χ4n) is 2.77. The third-order valence-corrected chi connectivity index (χ3v) is 3.57. The van der Waals surface area contributed by atoms with Gasteiger partial charge in [-0.3, -0.25) is 4.79 Å². The van der Waals surface area contributed by atoms with E-state index >= 15 is 0 Å². The molecule has 2 fully saturated rings. The predicted molar refractivity (Wildman–Crippen MR) is 49.6 cm³/mol. The van der Waals surface area contributed by atoms with Gasteiger partial charge >= 0.3 is 5.97 Å². The van der Waals surface area contributed by atoms with E-state index in [-0.39, 0.29) is 6.04 Å². The van der Waals surface area contributed by atoms with Gasteiger partial charge in [0.25, 0.3) is 0 Å². The Labute approximate surface area is 78.5 Å². The largest absolute Gasteiger partial charge is 0.480 e. The van der Waals surface area contributed by atoms with Gasteiger partial charge in [-0.25, -0.2) is 0 Å². The molecule has 2 rings (SSSR count). The molecule has 13 heavy (non-hydrogen) atoms. The summed E-state index contributed by atoms with van der Waals surface area (Å²) in [6, 6.07) is -0.280. The van der Waals surface area contributed by atoms with Gasteiger partial charge in [-0.1, -0.05) is 19.3 Å². The summed E-state index contributed by atoms with van der Waals surface area (Å²) in [6.07, 6.45) is 7.21. The van der Waals surface area contributed by atoms with Crippen LogP contribution in [0.2, 0.25) is 0 Å². The number of carboxylic acid groups (broad SMARTS) is 1. The number of carboxylic acids is 1. The van der Waals surface area contributed by atoms with Crippen LogP contribution in [0.1, 0.15) is 38.5 Å². The quantitative estimate of drug-likeness (QED) is 0.645. The highest BCUT2D eigenvalue weighted by atomic mass is 16.4. The Morgan fingerprint density at radius 3 is 2.54 bits per heavy atom. The molecule has 0 aromatic heterocycles. The van der Waals surface area contributed by atoms with Crippen molar-refractivity contribution in [2.24, 2.45) is 5.41 Å². The summed E-state index contributed by atoms with van der Waals surface area (Å²) in [5.41, 5.74) is 0.335. The molecule has 2 aliphatic rings. The van der Waals surface area contributed by atoms with Crippen LogP contribution in [-0.2, 0) is 4.79 Å². The first-order valence-electron chi connectivity index (χ1n) is 5.18. The SMILES string of the molecule is O=C(O)[C@@H]1CC2(CCCCC2)CN1. The Morgan fingerprint density at radius 1 is 1.31 bits per heavy atom. The number of rotatable bonds is 1. The van der Waals surface area contributed by atoms with E-state index in [4.69, 9.17) is 5.11 Å². The van der Waals surface area contributed by atoms with Gasteiger partial charge < -0.3 is 10.4 Å². The first kappa shape index (κ1) is 9.00. The molecule has 0 bridgehead atoms. The van der Waals surface area contributed by atoms with Crippen molar-refractivity contribution in [2.75, 3.05) is 6.54 Å². The molecular formula is C10H17NO2. The summed E-state index contributed by atoms with van der Waals surface area (Å²) in [5, 5.41) is 12.0. The van der Waals surface area contributed by atoms with Crippen LogP contribution < -0.4 is 5.32 Å². The Balaban J connectivity index is 1.98. The summed E-state index contributed by atoms with van der Waals surface area (Å²) in [6.45, 7) is 0.921. The maximum absolute atomic E-state index is 10.8. The molecule has 1 aliphatic heterocycles. The van der Waals surface area contributed by atoms with Crippen molar-refractivity contribution in [1.29, 1.82) is 0 Å². The number of nitrogens with one attached hydrogen (secondary N) is 1. The topological polar surface area (TPSA) is 49.3 Å². The van der Waals surface area contributed by atoms with Gasteiger partial charge in [0.2, 0.25) is 0 Å². The van der Waals surface area contributed by atoms with Gasteiger partial charge in [-0.05, 0) is 24.7 Å². The highest BCUT2D eigenvalue weighted by Crippen LogP contribution is 2.42. The van der Waals surface area contributed by atoms with Crippen LogP contribution >= 0.6 is 0 Å². The molecule has 1 saturated heterocycles. The van der Waals surface area contributed by atoms with E-state index in [1.54, 1.807) is 0 Å². The molecule has 2 N–H and O–H groups in total. The zero-order chi connectivity index (χ0) is 9.31. The van der Waals surface area contributed by atoms with Crippen molar-refractivity contribution in [1.82, 2.24) is 5.32 Å². The number of carbonyl (C=O) groups is 1. The van der Waals surface area contributed by atoms with Gasteiger partial charge in [0.1, 0.15) is 6.04 Å². The minimum Gasteiger partial charge on any atom is -0.480 e. The van der Waals surface area contributed by atoms with Crippen LogP contribution in [0.15, 0.2) is 0 Å². The van der Waals surface area contributed by atoms with Crippen LogP contribution in [0.25, 0.3) is 0 Å². The van der Waals surface area contributed by atoms with E-state index < -0.39 is 5.97 Å². The smallest absolute Gasteiger partial charge is 0.320 e. The molecule has 0 radical (unpaired) electrons. The van der Waals surface area contributed by atoms with Crippen molar-refractivity contribution in [3.05, 3.63) is 0 Å². The fraction of sp³-hybridized carbons (Fsp3) is 0.900. The minimum atomic E-state index is -0.678. The van der Waals surface area contributed by atoms with Crippen LogP contribution in [0.3, 0.4) is 0 Å². The molecule has 74 valence electrons. The van der Waals surface area contributed by atoms with Gasteiger partial charge in [-0.2, -0.15) is 0 Å². The van der Waals surface area contributed by atoms with E-state index in [2.05, 4.69) is 5.32 Å². The molecule has 0 aromatic carbocycles. The molecule has 0 amide bonds. The van der Waals surface area contributed by atoms with E-state index in [9.17, 15) is 4.79 Å². The maximum atomic E-state index is 10.8. The molecule has 1 atom stereocenters. The van der Waals surface area contributed by atoms with Crippen molar-refractivity contribution in [3.63, 3.8) is 0 Å². The summed E-state index contributed by atoms with van der Waals surface area (Å²) < 4.78 is 0. The number of hydrogen-bond donors (Lipinski definition) is 2. The second-order valence-electron chi connectivity index (χ2n) is 4.54.